The highest BCUT2D eigenvalue weighted by Crippen LogP contribution is 2.23. The second kappa shape index (κ2) is 8.19. The molecule has 3 N–H and O–H groups in total. The Hall–Kier alpha value is -4.13. The van der Waals surface area contributed by atoms with E-state index in [2.05, 4.69) is 45.5 Å². The molecule has 1 aliphatic carbocycles. The molecule has 32 heavy (non-hydrogen) atoms. The van der Waals surface area contributed by atoms with Gasteiger partial charge in [0.2, 0.25) is 0 Å². The summed E-state index contributed by atoms with van der Waals surface area (Å²) in [6.45, 7) is 2.81. The first-order chi connectivity index (χ1) is 15.5. The zero-order valence-electron chi connectivity index (χ0n) is 17.6. The Labute approximate surface area is 184 Å². The summed E-state index contributed by atoms with van der Waals surface area (Å²) in [5.41, 5.74) is 4.01. The minimum Gasteiger partial charge on any atom is -0.354 e. The van der Waals surface area contributed by atoms with E-state index in [0.29, 0.717) is 35.0 Å². The van der Waals surface area contributed by atoms with E-state index in [1.807, 2.05) is 30.3 Å². The maximum absolute atomic E-state index is 12.7. The van der Waals surface area contributed by atoms with Crippen LogP contribution in [0.5, 0.6) is 0 Å². The first kappa shape index (κ1) is 19.8. The predicted octanol–water partition coefficient (Wildman–Crippen LogP) is 4.49. The summed E-state index contributed by atoms with van der Waals surface area (Å²) in [7, 11) is 0. The van der Waals surface area contributed by atoms with Crippen LogP contribution in [0.25, 0.3) is 22.2 Å². The van der Waals surface area contributed by atoms with Crippen LogP contribution in [0.3, 0.4) is 0 Å². The Bertz CT molecular complexity index is 1390. The highest BCUT2D eigenvalue weighted by atomic mass is 16.1. The lowest BCUT2D eigenvalue weighted by atomic mass is 9.99. The number of H-pyrrole nitrogens is 2. The van der Waals surface area contributed by atoms with Crippen LogP contribution in [0.1, 0.15) is 23.7 Å². The number of rotatable bonds is 5. The maximum Gasteiger partial charge on any atom is 0.258 e. The number of hydrogen-bond donors (Lipinski definition) is 3. The van der Waals surface area contributed by atoms with Crippen LogP contribution in [0.15, 0.2) is 83.6 Å². The molecule has 0 saturated carbocycles. The summed E-state index contributed by atoms with van der Waals surface area (Å²) in [6, 6.07) is 11.4. The average molecular weight is 425 g/mol. The maximum atomic E-state index is 12.7. The van der Waals surface area contributed by atoms with E-state index in [4.69, 9.17) is 0 Å². The molecular weight excluding hydrogens is 402 g/mol. The molecule has 0 aliphatic heterocycles. The third-order valence-corrected chi connectivity index (χ3v) is 5.61. The van der Waals surface area contributed by atoms with E-state index in [-0.39, 0.29) is 11.5 Å². The Morgan fingerprint density at radius 1 is 1.28 bits per heavy atom. The molecule has 1 amide bonds. The van der Waals surface area contributed by atoms with Crippen molar-refractivity contribution in [2.24, 2.45) is 5.92 Å². The smallest absolute Gasteiger partial charge is 0.258 e. The van der Waals surface area contributed by atoms with Crippen molar-refractivity contribution in [2.45, 2.75) is 19.9 Å². The van der Waals surface area contributed by atoms with Gasteiger partial charge in [0.1, 0.15) is 0 Å². The van der Waals surface area contributed by atoms with Crippen molar-refractivity contribution in [1.29, 1.82) is 0 Å². The third kappa shape index (κ3) is 4.05. The van der Waals surface area contributed by atoms with Crippen LogP contribution in [-0.2, 0) is 6.54 Å². The molecular formula is C25H23N5O2. The first-order valence-electron chi connectivity index (χ1n) is 10.6. The molecule has 1 aromatic carbocycles. The van der Waals surface area contributed by atoms with E-state index >= 15 is 0 Å². The lowest BCUT2D eigenvalue weighted by Gasteiger charge is -2.11. The van der Waals surface area contributed by atoms with Gasteiger partial charge in [-0.1, -0.05) is 43.4 Å². The summed E-state index contributed by atoms with van der Waals surface area (Å²) < 4.78 is 1.75. The van der Waals surface area contributed by atoms with Crippen molar-refractivity contribution in [3.63, 3.8) is 0 Å². The fraction of sp³-hybridized carbons (Fsp3) is 0.160. The second-order valence-electron chi connectivity index (χ2n) is 8.13. The number of hydrogen-bond acceptors (Lipinski definition) is 3. The minimum atomic E-state index is -0.285. The van der Waals surface area contributed by atoms with Crippen LogP contribution in [-0.4, -0.2) is 25.7 Å². The monoisotopic (exact) mass is 425 g/mol. The zero-order valence-corrected chi connectivity index (χ0v) is 17.6. The topological polar surface area (TPSA) is 95.6 Å². The van der Waals surface area contributed by atoms with E-state index in [1.54, 1.807) is 23.1 Å². The van der Waals surface area contributed by atoms with Gasteiger partial charge in [-0.15, -0.1) is 0 Å². The van der Waals surface area contributed by atoms with Crippen molar-refractivity contribution < 1.29 is 4.79 Å². The number of benzene rings is 1. The summed E-state index contributed by atoms with van der Waals surface area (Å²) in [6.07, 6.45) is 12.3. The summed E-state index contributed by atoms with van der Waals surface area (Å²) in [5.74, 6) is 0.275. The highest BCUT2D eigenvalue weighted by molar-refractivity contribution is 6.04. The van der Waals surface area contributed by atoms with Gasteiger partial charge in [0.05, 0.1) is 35.2 Å². The number of fused-ring (bicyclic) bond motifs is 1. The first-order valence-corrected chi connectivity index (χ1v) is 10.6. The normalized spacial score (nSPS) is 15.7. The van der Waals surface area contributed by atoms with Crippen molar-refractivity contribution in [3.8, 4) is 11.3 Å². The molecule has 7 heteroatoms. The minimum absolute atomic E-state index is 0.231. The van der Waals surface area contributed by atoms with Crippen LogP contribution >= 0.6 is 0 Å². The van der Waals surface area contributed by atoms with Crippen LogP contribution in [0.2, 0.25) is 0 Å². The summed E-state index contributed by atoms with van der Waals surface area (Å²) in [4.78, 5) is 31.1. The van der Waals surface area contributed by atoms with E-state index in [1.165, 1.54) is 11.8 Å². The summed E-state index contributed by atoms with van der Waals surface area (Å²) >= 11 is 0. The van der Waals surface area contributed by atoms with E-state index < -0.39 is 0 Å². The van der Waals surface area contributed by atoms with Gasteiger partial charge in [-0.25, -0.2) is 0 Å². The molecule has 3 aromatic heterocycles. The summed E-state index contributed by atoms with van der Waals surface area (Å²) in [5, 5.41) is 8.18. The van der Waals surface area contributed by atoms with Gasteiger partial charge in [0.15, 0.2) is 0 Å². The number of carbonyl (C=O) groups is 1. The van der Waals surface area contributed by atoms with Crippen LogP contribution < -0.4 is 10.9 Å². The average Bonchev–Trinajstić information content (AvgIpc) is 3.44. The van der Waals surface area contributed by atoms with Gasteiger partial charge in [-0.3, -0.25) is 14.3 Å². The number of nitrogens with one attached hydrogen (secondary N) is 3. The van der Waals surface area contributed by atoms with Gasteiger partial charge >= 0.3 is 0 Å². The van der Waals surface area contributed by atoms with Crippen molar-refractivity contribution in [3.05, 3.63) is 94.7 Å². The van der Waals surface area contributed by atoms with Gasteiger partial charge in [0, 0.05) is 23.3 Å². The standard InChI is InChI=1S/C25H23N5O2/c1-16-6-8-17(9-7-16)14-30-15-19(12-27-30)24(31)28-20-11-21(25(32)26-13-20)23-10-18-4-2-3-5-22(18)29-23/h2-6,8-13,15-16,29H,7,14H2,1H3,(H,26,32)(H,28,31). The molecule has 4 aromatic rings. The molecule has 1 aliphatic rings. The SMILES string of the molecule is CC1C=CC(Cn2cc(C(=O)Nc3c[nH]c(=O)c(-c4cc5ccccc5[nH]4)c3)cn2)=CC1. The number of carbonyl (C=O) groups excluding carboxylic acids is 1. The molecule has 0 spiro atoms. The molecule has 0 fully saturated rings. The highest BCUT2D eigenvalue weighted by Gasteiger charge is 2.13. The Balaban J connectivity index is 1.33. The van der Waals surface area contributed by atoms with Crippen LogP contribution in [0, 0.1) is 5.92 Å². The number of para-hydroxylation sites is 1. The fourth-order valence-electron chi connectivity index (χ4n) is 3.82. The number of allylic oxidation sites excluding steroid dienone is 4. The van der Waals surface area contributed by atoms with Crippen molar-refractivity contribution >= 4 is 22.5 Å². The van der Waals surface area contributed by atoms with Gasteiger partial charge in [-0.05, 0) is 36.1 Å². The van der Waals surface area contributed by atoms with Gasteiger partial charge in [-0.2, -0.15) is 5.10 Å². The largest absolute Gasteiger partial charge is 0.354 e. The lowest BCUT2D eigenvalue weighted by Crippen LogP contribution is -2.15. The predicted molar refractivity (Wildman–Crippen MR) is 126 cm³/mol. The molecule has 1 atom stereocenters. The quantitative estimate of drug-likeness (QED) is 0.439. The Morgan fingerprint density at radius 3 is 2.97 bits per heavy atom. The van der Waals surface area contributed by atoms with E-state index in [9.17, 15) is 9.59 Å². The van der Waals surface area contributed by atoms with Gasteiger partial charge in [0.25, 0.3) is 11.5 Å². The third-order valence-electron chi connectivity index (χ3n) is 5.61. The van der Waals surface area contributed by atoms with Crippen molar-refractivity contribution in [1.82, 2.24) is 19.7 Å². The second-order valence-corrected chi connectivity index (χ2v) is 8.13. The molecule has 1 unspecified atom stereocenters. The van der Waals surface area contributed by atoms with E-state index in [0.717, 1.165) is 17.3 Å². The number of amides is 1. The molecule has 0 saturated heterocycles. The molecule has 160 valence electrons. The van der Waals surface area contributed by atoms with Gasteiger partial charge < -0.3 is 15.3 Å². The molecule has 3 heterocycles. The number of anilines is 1. The Morgan fingerprint density at radius 2 is 2.16 bits per heavy atom. The number of aromatic nitrogens is 4. The number of aromatic amines is 2. The molecule has 0 radical (unpaired) electrons. The molecule has 5 rings (SSSR count). The fourth-order valence-corrected chi connectivity index (χ4v) is 3.82. The molecule has 7 nitrogen and oxygen atoms in total. The lowest BCUT2D eigenvalue weighted by molar-refractivity contribution is 0.102. The Kier molecular flexibility index (Phi) is 5.07. The zero-order chi connectivity index (χ0) is 22.1. The molecule has 0 bridgehead atoms. The number of nitrogens with zero attached hydrogens (tertiary/aromatic N) is 2. The van der Waals surface area contributed by atoms with Crippen LogP contribution in [0.4, 0.5) is 5.69 Å². The number of pyridine rings is 1. The van der Waals surface area contributed by atoms with Crippen molar-refractivity contribution in [2.75, 3.05) is 5.32 Å².